The van der Waals surface area contributed by atoms with Gasteiger partial charge in [-0.2, -0.15) is 5.10 Å². The normalized spacial score (nSPS) is 16.4. The van der Waals surface area contributed by atoms with E-state index < -0.39 is 0 Å². The average molecular weight is 376 g/mol. The van der Waals surface area contributed by atoms with E-state index in [9.17, 15) is 9.59 Å². The first-order chi connectivity index (χ1) is 12.5. The Morgan fingerprint density at radius 1 is 1.38 bits per heavy atom. The van der Waals surface area contributed by atoms with Crippen molar-refractivity contribution in [3.63, 3.8) is 0 Å². The lowest BCUT2D eigenvalue weighted by Gasteiger charge is -2.15. The summed E-state index contributed by atoms with van der Waals surface area (Å²) in [5.74, 6) is 0.351. The molecular formula is C16H18ClN7O2. The molecule has 26 heavy (non-hydrogen) atoms. The molecule has 0 saturated carbocycles. The molecule has 0 aliphatic carbocycles. The second-order valence-electron chi connectivity index (χ2n) is 5.84. The number of hydrogen-bond donors (Lipinski definition) is 2. The number of hydrogen-bond acceptors (Lipinski definition) is 6. The number of carbonyl (C=O) groups is 2. The van der Waals surface area contributed by atoms with Crippen LogP contribution >= 0.6 is 11.6 Å². The van der Waals surface area contributed by atoms with E-state index in [1.807, 2.05) is 0 Å². The number of amides is 2. The first-order valence-electron chi connectivity index (χ1n) is 7.97. The smallest absolute Gasteiger partial charge is 0.274 e. The quantitative estimate of drug-likeness (QED) is 0.763. The number of nitrogens with one attached hydrogen (secondary N) is 2. The molecule has 1 aliphatic rings. The van der Waals surface area contributed by atoms with Crippen LogP contribution in [-0.4, -0.2) is 55.6 Å². The minimum Gasteiger partial charge on any atom is -0.350 e. The zero-order valence-electron chi connectivity index (χ0n) is 14.1. The van der Waals surface area contributed by atoms with Gasteiger partial charge in [0.25, 0.3) is 5.91 Å². The summed E-state index contributed by atoms with van der Waals surface area (Å²) in [6.45, 7) is 4.50. The van der Waals surface area contributed by atoms with E-state index in [-0.39, 0.29) is 23.6 Å². The predicted molar refractivity (Wildman–Crippen MR) is 97.0 cm³/mol. The summed E-state index contributed by atoms with van der Waals surface area (Å²) in [7, 11) is 1.65. The van der Waals surface area contributed by atoms with Crippen LogP contribution in [0.5, 0.6) is 0 Å². The molecule has 0 radical (unpaired) electrons. The topological polar surface area (TPSA) is 105 Å². The lowest BCUT2D eigenvalue weighted by Crippen LogP contribution is -2.32. The first-order valence-corrected chi connectivity index (χ1v) is 8.35. The number of likely N-dealkylation sites (tertiary alicyclic amines) is 1. The Hall–Kier alpha value is -2.94. The first kappa shape index (κ1) is 17.9. The number of halogens is 1. The van der Waals surface area contributed by atoms with Crippen molar-refractivity contribution in [3.8, 4) is 0 Å². The van der Waals surface area contributed by atoms with Crippen LogP contribution in [0, 0.1) is 0 Å². The van der Waals surface area contributed by atoms with Gasteiger partial charge in [0.05, 0.1) is 17.4 Å². The molecular weight excluding hydrogens is 358 g/mol. The number of carbonyl (C=O) groups excluding carboxylic acids is 2. The van der Waals surface area contributed by atoms with E-state index in [4.69, 9.17) is 11.6 Å². The Kier molecular flexibility index (Phi) is 5.17. The number of aromatic nitrogens is 4. The van der Waals surface area contributed by atoms with Crippen molar-refractivity contribution < 1.29 is 9.59 Å². The van der Waals surface area contributed by atoms with E-state index in [1.54, 1.807) is 18.0 Å². The molecule has 3 heterocycles. The number of nitrogens with zero attached hydrogens (tertiary/aromatic N) is 5. The molecule has 0 unspecified atom stereocenters. The Morgan fingerprint density at radius 3 is 2.81 bits per heavy atom. The molecule has 2 aromatic heterocycles. The van der Waals surface area contributed by atoms with Crippen LogP contribution in [0.3, 0.4) is 0 Å². The van der Waals surface area contributed by atoms with Gasteiger partial charge in [-0.3, -0.25) is 14.3 Å². The minimum absolute atomic E-state index is 0.0452. The molecule has 1 aliphatic heterocycles. The maximum absolute atomic E-state index is 12.7. The molecule has 2 aromatic rings. The summed E-state index contributed by atoms with van der Waals surface area (Å²) >= 11 is 5.77. The molecule has 0 bridgehead atoms. The fourth-order valence-corrected chi connectivity index (χ4v) is 2.76. The third-order valence-electron chi connectivity index (χ3n) is 3.96. The van der Waals surface area contributed by atoms with Gasteiger partial charge in [-0.25, -0.2) is 9.97 Å². The molecule has 2 amide bonds. The fourth-order valence-electron chi connectivity index (χ4n) is 2.66. The van der Waals surface area contributed by atoms with Crippen molar-refractivity contribution in [3.05, 3.63) is 41.8 Å². The molecule has 0 spiro atoms. The van der Waals surface area contributed by atoms with Crippen LogP contribution in [0.4, 0.5) is 11.8 Å². The Balaban J connectivity index is 1.62. The van der Waals surface area contributed by atoms with Gasteiger partial charge in [-0.05, 0) is 12.5 Å². The second-order valence-corrected chi connectivity index (χ2v) is 6.27. The van der Waals surface area contributed by atoms with Crippen LogP contribution in [-0.2, 0) is 11.8 Å². The highest BCUT2D eigenvalue weighted by atomic mass is 35.5. The fraction of sp³-hybridized carbons (Fsp3) is 0.312. The molecule has 10 heteroatoms. The zero-order chi connectivity index (χ0) is 18.7. The van der Waals surface area contributed by atoms with Gasteiger partial charge in [0.2, 0.25) is 11.9 Å². The zero-order valence-corrected chi connectivity index (χ0v) is 14.9. The SMILES string of the molecule is C=CC(=O)Nc1cc(C(=O)N2CC[C@@H](Nc3ncc(Cl)cn3)C2)nn1C. The molecule has 3 rings (SSSR count). The predicted octanol–water partition coefficient (Wildman–Crippen LogP) is 1.31. The van der Waals surface area contributed by atoms with Crippen molar-refractivity contribution in [1.82, 2.24) is 24.6 Å². The number of anilines is 2. The van der Waals surface area contributed by atoms with Crippen LogP contribution in [0.15, 0.2) is 31.1 Å². The van der Waals surface area contributed by atoms with E-state index in [1.165, 1.54) is 17.1 Å². The summed E-state index contributed by atoms with van der Waals surface area (Å²) in [6, 6.07) is 1.59. The minimum atomic E-state index is -0.361. The monoisotopic (exact) mass is 375 g/mol. The summed E-state index contributed by atoms with van der Waals surface area (Å²) in [6.07, 6.45) is 4.96. The van der Waals surface area contributed by atoms with Gasteiger partial charge in [-0.15, -0.1) is 0 Å². The van der Waals surface area contributed by atoms with E-state index >= 15 is 0 Å². The summed E-state index contributed by atoms with van der Waals surface area (Å²) in [5, 5.41) is 10.4. The average Bonchev–Trinajstić information content (AvgIpc) is 3.23. The molecule has 9 nitrogen and oxygen atoms in total. The lowest BCUT2D eigenvalue weighted by atomic mass is 10.3. The van der Waals surface area contributed by atoms with Crippen molar-refractivity contribution in [2.45, 2.75) is 12.5 Å². The Labute approximate surface area is 155 Å². The highest BCUT2D eigenvalue weighted by Gasteiger charge is 2.29. The van der Waals surface area contributed by atoms with Crippen molar-refractivity contribution in [2.75, 3.05) is 23.7 Å². The molecule has 1 saturated heterocycles. The molecule has 1 atom stereocenters. The van der Waals surface area contributed by atoms with Crippen LogP contribution in [0.2, 0.25) is 5.02 Å². The van der Waals surface area contributed by atoms with Crippen LogP contribution in [0.1, 0.15) is 16.9 Å². The molecule has 0 aromatic carbocycles. The second kappa shape index (κ2) is 7.52. The van der Waals surface area contributed by atoms with E-state index in [0.29, 0.717) is 29.9 Å². The highest BCUT2D eigenvalue weighted by molar-refractivity contribution is 6.30. The van der Waals surface area contributed by atoms with E-state index in [0.717, 1.165) is 12.5 Å². The number of aryl methyl sites for hydroxylation is 1. The summed E-state index contributed by atoms with van der Waals surface area (Å²) < 4.78 is 1.45. The van der Waals surface area contributed by atoms with Gasteiger partial charge < -0.3 is 15.5 Å². The highest BCUT2D eigenvalue weighted by Crippen LogP contribution is 2.18. The van der Waals surface area contributed by atoms with Crippen molar-refractivity contribution >= 4 is 35.2 Å². The molecule has 136 valence electrons. The van der Waals surface area contributed by atoms with Crippen molar-refractivity contribution in [2.24, 2.45) is 7.05 Å². The van der Waals surface area contributed by atoms with Crippen LogP contribution < -0.4 is 10.6 Å². The van der Waals surface area contributed by atoms with E-state index in [2.05, 4.69) is 32.3 Å². The Morgan fingerprint density at radius 2 is 2.12 bits per heavy atom. The van der Waals surface area contributed by atoms with Gasteiger partial charge in [0, 0.05) is 32.2 Å². The lowest BCUT2D eigenvalue weighted by molar-refractivity contribution is -0.111. The van der Waals surface area contributed by atoms with Gasteiger partial charge in [0.15, 0.2) is 5.69 Å². The summed E-state index contributed by atoms with van der Waals surface area (Å²) in [4.78, 5) is 34.0. The number of rotatable bonds is 5. The third-order valence-corrected chi connectivity index (χ3v) is 4.16. The third kappa shape index (κ3) is 3.99. The van der Waals surface area contributed by atoms with Gasteiger partial charge in [0.1, 0.15) is 5.82 Å². The van der Waals surface area contributed by atoms with Crippen molar-refractivity contribution in [1.29, 1.82) is 0 Å². The standard InChI is InChI=1S/C16H18ClN7O2/c1-3-14(25)21-13-6-12(22-23(13)2)15(26)24-5-4-11(9-24)20-16-18-7-10(17)8-19-16/h3,6-8,11H,1,4-5,9H2,2H3,(H,21,25)(H,18,19,20)/t11-/m1/s1. The van der Waals surface area contributed by atoms with Gasteiger partial charge in [-0.1, -0.05) is 18.2 Å². The molecule has 2 N–H and O–H groups in total. The maximum Gasteiger partial charge on any atom is 0.274 e. The van der Waals surface area contributed by atoms with Gasteiger partial charge >= 0.3 is 0 Å². The maximum atomic E-state index is 12.7. The van der Waals surface area contributed by atoms with Crippen LogP contribution in [0.25, 0.3) is 0 Å². The Bertz CT molecular complexity index is 834. The molecule has 1 fully saturated rings. The summed E-state index contributed by atoms with van der Waals surface area (Å²) in [5.41, 5.74) is 0.273. The largest absolute Gasteiger partial charge is 0.350 e.